The summed E-state index contributed by atoms with van der Waals surface area (Å²) in [7, 11) is 0. The van der Waals surface area contributed by atoms with Gasteiger partial charge in [-0.3, -0.25) is 0 Å². The Morgan fingerprint density at radius 1 is 1.40 bits per heavy atom. The van der Waals surface area contributed by atoms with Crippen LogP contribution in [0.4, 0.5) is 0 Å². The van der Waals surface area contributed by atoms with E-state index in [9.17, 15) is 0 Å². The van der Waals surface area contributed by atoms with Crippen LogP contribution in [0.3, 0.4) is 0 Å². The Hall–Kier alpha value is -0.580. The standard InChI is InChI=1S/C11H12N2S2/c1-2-4-10-9(3-1)13-11(15-10)14-8-5-6-12-7-8/h1-4,8,12H,5-7H2/t8-/m1/s1. The summed E-state index contributed by atoms with van der Waals surface area (Å²) in [5.41, 5.74) is 1.14. The highest BCUT2D eigenvalue weighted by Gasteiger charge is 2.17. The Morgan fingerprint density at radius 3 is 3.13 bits per heavy atom. The van der Waals surface area contributed by atoms with Crippen molar-refractivity contribution in [2.75, 3.05) is 13.1 Å². The molecular weight excluding hydrogens is 224 g/mol. The lowest BCUT2D eigenvalue weighted by Gasteiger charge is -2.02. The van der Waals surface area contributed by atoms with Crippen LogP contribution in [-0.2, 0) is 0 Å². The number of nitrogens with zero attached hydrogens (tertiary/aromatic N) is 1. The van der Waals surface area contributed by atoms with Gasteiger partial charge in [0.2, 0.25) is 0 Å². The molecule has 0 aliphatic carbocycles. The van der Waals surface area contributed by atoms with Crippen LogP contribution in [0.25, 0.3) is 10.2 Å². The molecule has 0 saturated carbocycles. The third-order valence-corrected chi connectivity index (χ3v) is 4.96. The van der Waals surface area contributed by atoms with Gasteiger partial charge in [-0.05, 0) is 25.1 Å². The fourth-order valence-electron chi connectivity index (χ4n) is 1.77. The zero-order valence-corrected chi connectivity index (χ0v) is 9.90. The number of thiazole rings is 1. The number of aromatic nitrogens is 1. The molecule has 15 heavy (non-hydrogen) atoms. The molecule has 1 saturated heterocycles. The predicted molar refractivity (Wildman–Crippen MR) is 66.8 cm³/mol. The number of rotatable bonds is 2. The van der Waals surface area contributed by atoms with E-state index in [-0.39, 0.29) is 0 Å². The molecule has 1 N–H and O–H groups in total. The maximum atomic E-state index is 4.63. The number of nitrogens with one attached hydrogen (secondary N) is 1. The Labute approximate surface area is 97.1 Å². The highest BCUT2D eigenvalue weighted by Crippen LogP contribution is 2.33. The number of para-hydroxylation sites is 1. The number of hydrogen-bond acceptors (Lipinski definition) is 4. The summed E-state index contributed by atoms with van der Waals surface area (Å²) >= 11 is 3.73. The average Bonchev–Trinajstić information content (AvgIpc) is 2.86. The van der Waals surface area contributed by atoms with Crippen LogP contribution in [0.2, 0.25) is 0 Å². The summed E-state index contributed by atoms with van der Waals surface area (Å²) in [5.74, 6) is 0. The van der Waals surface area contributed by atoms with Gasteiger partial charge in [-0.25, -0.2) is 4.98 Å². The van der Waals surface area contributed by atoms with Crippen LogP contribution in [0.15, 0.2) is 28.6 Å². The predicted octanol–water partition coefficient (Wildman–Crippen LogP) is 2.75. The molecule has 0 radical (unpaired) electrons. The first-order valence-corrected chi connectivity index (χ1v) is 6.84. The van der Waals surface area contributed by atoms with Crippen molar-refractivity contribution in [2.45, 2.75) is 16.0 Å². The summed E-state index contributed by atoms with van der Waals surface area (Å²) in [6.07, 6.45) is 1.26. The van der Waals surface area contributed by atoms with E-state index in [1.807, 2.05) is 29.2 Å². The summed E-state index contributed by atoms with van der Waals surface area (Å²) in [4.78, 5) is 4.63. The molecule has 0 spiro atoms. The maximum Gasteiger partial charge on any atom is 0.151 e. The van der Waals surface area contributed by atoms with Gasteiger partial charge in [0.15, 0.2) is 4.34 Å². The van der Waals surface area contributed by atoms with Gasteiger partial charge in [-0.2, -0.15) is 0 Å². The second-order valence-electron chi connectivity index (χ2n) is 3.68. The van der Waals surface area contributed by atoms with Gasteiger partial charge in [0.1, 0.15) is 0 Å². The molecule has 1 fully saturated rings. The first-order valence-electron chi connectivity index (χ1n) is 5.15. The molecule has 1 aromatic carbocycles. The van der Waals surface area contributed by atoms with E-state index in [0.717, 1.165) is 18.6 Å². The summed E-state index contributed by atoms with van der Waals surface area (Å²) in [5, 5.41) is 4.10. The molecule has 1 aromatic heterocycles. The van der Waals surface area contributed by atoms with Crippen molar-refractivity contribution in [3.63, 3.8) is 0 Å². The minimum absolute atomic E-state index is 0.713. The van der Waals surface area contributed by atoms with Crippen LogP contribution in [0.5, 0.6) is 0 Å². The fourth-order valence-corrected chi connectivity index (χ4v) is 4.21. The first kappa shape index (κ1) is 9.63. The molecule has 2 nitrogen and oxygen atoms in total. The molecule has 0 unspecified atom stereocenters. The molecule has 2 heterocycles. The third kappa shape index (κ3) is 2.02. The lowest BCUT2D eigenvalue weighted by Crippen LogP contribution is -2.09. The monoisotopic (exact) mass is 236 g/mol. The van der Waals surface area contributed by atoms with Crippen LogP contribution in [0, 0.1) is 0 Å². The number of hydrogen-bond donors (Lipinski definition) is 1. The zero-order chi connectivity index (χ0) is 10.1. The van der Waals surface area contributed by atoms with Crippen molar-refractivity contribution in [1.29, 1.82) is 0 Å². The van der Waals surface area contributed by atoms with Gasteiger partial charge >= 0.3 is 0 Å². The minimum atomic E-state index is 0.713. The SMILES string of the molecule is c1ccc2sc(S[C@@H]3CCNC3)nc2c1. The van der Waals surface area contributed by atoms with Crippen LogP contribution < -0.4 is 5.32 Å². The maximum absolute atomic E-state index is 4.63. The van der Waals surface area contributed by atoms with Crippen molar-refractivity contribution in [3.05, 3.63) is 24.3 Å². The van der Waals surface area contributed by atoms with Gasteiger partial charge in [0.05, 0.1) is 10.2 Å². The Kier molecular flexibility index (Phi) is 2.64. The van der Waals surface area contributed by atoms with E-state index in [1.54, 1.807) is 0 Å². The minimum Gasteiger partial charge on any atom is -0.316 e. The number of thioether (sulfide) groups is 1. The lowest BCUT2D eigenvalue weighted by molar-refractivity contribution is 0.858. The fraction of sp³-hybridized carbons (Fsp3) is 0.364. The molecule has 1 aliphatic heterocycles. The van der Waals surface area contributed by atoms with Gasteiger partial charge in [0.25, 0.3) is 0 Å². The van der Waals surface area contributed by atoms with Gasteiger partial charge in [-0.1, -0.05) is 23.9 Å². The van der Waals surface area contributed by atoms with E-state index in [1.165, 1.54) is 15.5 Å². The van der Waals surface area contributed by atoms with Crippen LogP contribution in [-0.4, -0.2) is 23.3 Å². The summed E-state index contributed by atoms with van der Waals surface area (Å²) in [6.45, 7) is 2.28. The van der Waals surface area contributed by atoms with Crippen molar-refractivity contribution in [2.24, 2.45) is 0 Å². The Balaban J connectivity index is 1.84. The number of fused-ring (bicyclic) bond motifs is 1. The van der Waals surface area contributed by atoms with Gasteiger partial charge < -0.3 is 5.32 Å². The molecule has 1 aliphatic rings. The lowest BCUT2D eigenvalue weighted by atomic mass is 10.3. The second kappa shape index (κ2) is 4.12. The largest absolute Gasteiger partial charge is 0.316 e. The van der Waals surface area contributed by atoms with Crippen LogP contribution >= 0.6 is 23.1 Å². The Morgan fingerprint density at radius 2 is 2.33 bits per heavy atom. The van der Waals surface area contributed by atoms with Crippen molar-refractivity contribution in [3.8, 4) is 0 Å². The topological polar surface area (TPSA) is 24.9 Å². The van der Waals surface area contributed by atoms with E-state index >= 15 is 0 Å². The molecule has 3 rings (SSSR count). The molecule has 78 valence electrons. The highest BCUT2D eigenvalue weighted by atomic mass is 32.2. The third-order valence-electron chi connectivity index (χ3n) is 2.56. The summed E-state index contributed by atoms with van der Waals surface area (Å²) in [6, 6.07) is 8.35. The van der Waals surface area contributed by atoms with Gasteiger partial charge in [-0.15, -0.1) is 11.3 Å². The highest BCUT2D eigenvalue weighted by molar-refractivity contribution is 8.01. The molecule has 1 atom stereocenters. The van der Waals surface area contributed by atoms with Crippen molar-refractivity contribution in [1.82, 2.24) is 10.3 Å². The normalized spacial score (nSPS) is 21.2. The van der Waals surface area contributed by atoms with E-state index in [2.05, 4.69) is 28.5 Å². The van der Waals surface area contributed by atoms with Gasteiger partial charge in [0, 0.05) is 11.8 Å². The number of benzene rings is 1. The van der Waals surface area contributed by atoms with Crippen molar-refractivity contribution >= 4 is 33.3 Å². The van der Waals surface area contributed by atoms with E-state index < -0.39 is 0 Å². The average molecular weight is 236 g/mol. The molecule has 0 bridgehead atoms. The zero-order valence-electron chi connectivity index (χ0n) is 8.27. The molecule has 4 heteroatoms. The van der Waals surface area contributed by atoms with Crippen molar-refractivity contribution < 1.29 is 0 Å². The molecular formula is C11H12N2S2. The van der Waals surface area contributed by atoms with E-state index in [0.29, 0.717) is 5.25 Å². The van der Waals surface area contributed by atoms with Crippen LogP contribution in [0.1, 0.15) is 6.42 Å². The second-order valence-corrected chi connectivity index (χ2v) is 6.26. The first-order chi connectivity index (χ1) is 7.42. The quantitative estimate of drug-likeness (QED) is 0.868. The Bertz CT molecular complexity index is 427. The molecule has 2 aromatic rings. The summed E-state index contributed by atoms with van der Waals surface area (Å²) < 4.78 is 2.51. The smallest absolute Gasteiger partial charge is 0.151 e. The van der Waals surface area contributed by atoms with E-state index in [4.69, 9.17) is 0 Å². The molecule has 0 amide bonds.